The summed E-state index contributed by atoms with van der Waals surface area (Å²) >= 11 is 0. The summed E-state index contributed by atoms with van der Waals surface area (Å²) in [6.07, 6.45) is 1.64. The zero-order valence-electron chi connectivity index (χ0n) is 17.8. The number of para-hydroxylation sites is 2. The fraction of sp³-hybridized carbons (Fsp3) is 0.120. The molecule has 1 N–H and O–H groups in total. The summed E-state index contributed by atoms with van der Waals surface area (Å²) in [6, 6.07) is 19.7. The van der Waals surface area contributed by atoms with E-state index < -0.39 is 10.0 Å². The Morgan fingerprint density at radius 2 is 1.73 bits per heavy atom. The van der Waals surface area contributed by atoms with E-state index >= 15 is 0 Å². The van der Waals surface area contributed by atoms with E-state index in [1.54, 1.807) is 42.6 Å². The third-order valence-corrected chi connectivity index (χ3v) is 7.82. The molecule has 0 saturated carbocycles. The van der Waals surface area contributed by atoms with Crippen LogP contribution in [-0.2, 0) is 16.6 Å². The van der Waals surface area contributed by atoms with Gasteiger partial charge in [0.05, 0.1) is 27.0 Å². The van der Waals surface area contributed by atoms with Gasteiger partial charge in [0.2, 0.25) is 0 Å². The van der Waals surface area contributed by atoms with Crippen LogP contribution < -0.4 is 5.32 Å². The molecule has 164 valence electrons. The van der Waals surface area contributed by atoms with Crippen LogP contribution in [0, 0.1) is 6.92 Å². The maximum absolute atomic E-state index is 13.6. The van der Waals surface area contributed by atoms with Crippen molar-refractivity contribution in [2.45, 2.75) is 18.4 Å². The van der Waals surface area contributed by atoms with E-state index in [1.165, 1.54) is 3.97 Å². The predicted octanol–water partition coefficient (Wildman–Crippen LogP) is 3.95. The van der Waals surface area contributed by atoms with Crippen molar-refractivity contribution in [1.29, 1.82) is 0 Å². The number of aromatic nitrogens is 3. The van der Waals surface area contributed by atoms with Gasteiger partial charge in [0, 0.05) is 30.2 Å². The summed E-state index contributed by atoms with van der Waals surface area (Å²) in [5.74, 6) is 0.512. The minimum atomic E-state index is -3.82. The lowest BCUT2D eigenvalue weighted by atomic mass is 10.1. The number of rotatable bonds is 3. The van der Waals surface area contributed by atoms with Gasteiger partial charge < -0.3 is 9.88 Å². The van der Waals surface area contributed by atoms with Crippen LogP contribution in [0.2, 0.25) is 0 Å². The van der Waals surface area contributed by atoms with Gasteiger partial charge in [0.1, 0.15) is 5.82 Å². The van der Waals surface area contributed by atoms with E-state index in [0.717, 1.165) is 16.5 Å². The van der Waals surface area contributed by atoms with Crippen LogP contribution in [0.3, 0.4) is 0 Å². The normalized spacial score (nSPS) is 13.9. The molecule has 0 saturated heterocycles. The van der Waals surface area contributed by atoms with Gasteiger partial charge in [-0.15, -0.1) is 0 Å². The maximum atomic E-state index is 13.6. The van der Waals surface area contributed by atoms with Crippen molar-refractivity contribution in [2.75, 3.05) is 6.54 Å². The first kappa shape index (κ1) is 19.8. The Kier molecular flexibility index (Phi) is 4.22. The number of benzene rings is 3. The van der Waals surface area contributed by atoms with Crippen LogP contribution in [0.1, 0.15) is 15.9 Å². The number of imidazole rings is 1. The molecule has 5 aromatic rings. The van der Waals surface area contributed by atoms with Gasteiger partial charge in [0.15, 0.2) is 0 Å². The summed E-state index contributed by atoms with van der Waals surface area (Å²) in [5.41, 5.74) is 4.32. The van der Waals surface area contributed by atoms with E-state index in [4.69, 9.17) is 4.98 Å². The second-order valence-electron chi connectivity index (χ2n) is 8.19. The van der Waals surface area contributed by atoms with Crippen molar-refractivity contribution in [1.82, 2.24) is 18.8 Å². The lowest BCUT2D eigenvalue weighted by Gasteiger charge is -2.08. The number of amides is 1. The summed E-state index contributed by atoms with van der Waals surface area (Å²) in [7, 11) is -3.82. The Bertz CT molecular complexity index is 1680. The van der Waals surface area contributed by atoms with Gasteiger partial charge in [-0.1, -0.05) is 42.0 Å². The Hall–Kier alpha value is -3.91. The van der Waals surface area contributed by atoms with Gasteiger partial charge in [-0.25, -0.2) is 17.4 Å². The molecule has 0 aliphatic carbocycles. The van der Waals surface area contributed by atoms with Crippen LogP contribution in [0.15, 0.2) is 77.8 Å². The Morgan fingerprint density at radius 1 is 0.939 bits per heavy atom. The van der Waals surface area contributed by atoms with Crippen molar-refractivity contribution < 1.29 is 13.2 Å². The SMILES string of the molecule is Cc1ccc(S(=O)(=O)n2cc(-c3nc4cccc5c4n3CCNC5=O)c3ccccc32)cc1. The second kappa shape index (κ2) is 7.05. The standard InChI is InChI=1S/C25H20N4O3S/c1-16-9-11-17(12-10-16)33(31,32)29-15-20(18-5-2-3-8-22(18)29)24-27-21-7-4-6-19-23(21)28(24)14-13-26-25(19)30/h2-12,15H,13-14H2,1H3,(H,26,30). The van der Waals surface area contributed by atoms with E-state index in [1.807, 2.05) is 41.8 Å². The highest BCUT2D eigenvalue weighted by molar-refractivity contribution is 7.90. The van der Waals surface area contributed by atoms with E-state index in [0.29, 0.717) is 41.1 Å². The monoisotopic (exact) mass is 456 g/mol. The number of nitrogens with zero attached hydrogens (tertiary/aromatic N) is 3. The predicted molar refractivity (Wildman–Crippen MR) is 127 cm³/mol. The molecule has 33 heavy (non-hydrogen) atoms. The molecule has 0 unspecified atom stereocenters. The molecule has 6 rings (SSSR count). The van der Waals surface area contributed by atoms with Gasteiger partial charge in [-0.3, -0.25) is 4.79 Å². The average Bonchev–Trinajstić information content (AvgIpc) is 3.33. The van der Waals surface area contributed by atoms with Gasteiger partial charge in [-0.05, 0) is 37.3 Å². The van der Waals surface area contributed by atoms with Crippen LogP contribution >= 0.6 is 0 Å². The van der Waals surface area contributed by atoms with Crippen molar-refractivity contribution in [2.24, 2.45) is 0 Å². The zero-order chi connectivity index (χ0) is 22.7. The van der Waals surface area contributed by atoms with E-state index in [-0.39, 0.29) is 10.8 Å². The highest BCUT2D eigenvalue weighted by Crippen LogP contribution is 2.35. The second-order valence-corrected chi connectivity index (χ2v) is 10.0. The zero-order valence-corrected chi connectivity index (χ0v) is 18.6. The van der Waals surface area contributed by atoms with Crippen molar-refractivity contribution in [3.05, 3.63) is 84.1 Å². The molecule has 0 spiro atoms. The number of hydrogen-bond donors (Lipinski definition) is 1. The maximum Gasteiger partial charge on any atom is 0.268 e. The van der Waals surface area contributed by atoms with E-state index in [9.17, 15) is 13.2 Å². The molecule has 1 aliphatic heterocycles. The highest BCUT2D eigenvalue weighted by Gasteiger charge is 2.26. The lowest BCUT2D eigenvalue weighted by Crippen LogP contribution is -2.24. The summed E-state index contributed by atoms with van der Waals surface area (Å²) in [4.78, 5) is 17.6. The molecule has 0 fully saturated rings. The Morgan fingerprint density at radius 3 is 2.55 bits per heavy atom. The summed E-state index contributed by atoms with van der Waals surface area (Å²) < 4.78 is 30.5. The molecule has 7 nitrogen and oxygen atoms in total. The summed E-state index contributed by atoms with van der Waals surface area (Å²) in [6.45, 7) is 2.93. The molecule has 8 heteroatoms. The topological polar surface area (TPSA) is 86.0 Å². The fourth-order valence-corrected chi connectivity index (χ4v) is 5.89. The first-order chi connectivity index (χ1) is 15.9. The molecule has 3 heterocycles. The first-order valence-electron chi connectivity index (χ1n) is 10.7. The van der Waals surface area contributed by atoms with Gasteiger partial charge in [0.25, 0.3) is 15.9 Å². The van der Waals surface area contributed by atoms with Crippen LogP contribution in [-0.4, -0.2) is 34.4 Å². The molecule has 0 atom stereocenters. The first-order valence-corrected chi connectivity index (χ1v) is 12.1. The number of hydrogen-bond acceptors (Lipinski definition) is 4. The fourth-order valence-electron chi connectivity index (χ4n) is 4.52. The number of fused-ring (bicyclic) bond motifs is 1. The third kappa shape index (κ3) is 2.91. The van der Waals surface area contributed by atoms with Crippen LogP contribution in [0.5, 0.6) is 0 Å². The molecular formula is C25H20N4O3S. The third-order valence-electron chi connectivity index (χ3n) is 6.13. The number of aryl methyl sites for hydroxylation is 1. The summed E-state index contributed by atoms with van der Waals surface area (Å²) in [5, 5.41) is 3.70. The van der Waals surface area contributed by atoms with Crippen LogP contribution in [0.25, 0.3) is 33.3 Å². The minimum absolute atomic E-state index is 0.129. The number of carbonyl (C=O) groups excluding carboxylic acids is 1. The van der Waals surface area contributed by atoms with E-state index in [2.05, 4.69) is 5.32 Å². The molecule has 1 aliphatic rings. The quantitative estimate of drug-likeness (QED) is 0.446. The lowest BCUT2D eigenvalue weighted by molar-refractivity contribution is 0.0956. The Balaban J connectivity index is 1.64. The van der Waals surface area contributed by atoms with Crippen molar-refractivity contribution in [3.8, 4) is 11.4 Å². The number of nitrogens with one attached hydrogen (secondary N) is 1. The van der Waals surface area contributed by atoms with Crippen molar-refractivity contribution >= 4 is 37.9 Å². The van der Waals surface area contributed by atoms with Gasteiger partial charge >= 0.3 is 0 Å². The smallest absolute Gasteiger partial charge is 0.268 e. The molecule has 0 bridgehead atoms. The highest BCUT2D eigenvalue weighted by atomic mass is 32.2. The molecule has 2 aromatic heterocycles. The molecular weight excluding hydrogens is 436 g/mol. The molecule has 3 aromatic carbocycles. The average molecular weight is 457 g/mol. The molecule has 1 amide bonds. The van der Waals surface area contributed by atoms with Gasteiger partial charge in [-0.2, -0.15) is 0 Å². The Labute approximate surface area is 190 Å². The number of carbonyl (C=O) groups is 1. The van der Waals surface area contributed by atoms with Crippen molar-refractivity contribution in [3.63, 3.8) is 0 Å². The van der Waals surface area contributed by atoms with Crippen LogP contribution in [0.4, 0.5) is 0 Å². The minimum Gasteiger partial charge on any atom is -0.350 e. The largest absolute Gasteiger partial charge is 0.350 e. The molecule has 0 radical (unpaired) electrons.